The van der Waals surface area contributed by atoms with Gasteiger partial charge in [0.1, 0.15) is 0 Å². The van der Waals surface area contributed by atoms with E-state index in [1.807, 2.05) is 0 Å². The summed E-state index contributed by atoms with van der Waals surface area (Å²) >= 11 is 0. The van der Waals surface area contributed by atoms with Gasteiger partial charge in [0.15, 0.2) is 0 Å². The minimum Gasteiger partial charge on any atom is -0.306 e. The summed E-state index contributed by atoms with van der Waals surface area (Å²) in [6, 6.07) is 0. The van der Waals surface area contributed by atoms with E-state index in [4.69, 9.17) is 0 Å². The lowest BCUT2D eigenvalue weighted by Crippen LogP contribution is -2.41. The number of rotatable bonds is 5. The fraction of sp³-hybridized carbons (Fsp3) is 0.778. The van der Waals surface area contributed by atoms with E-state index in [-0.39, 0.29) is 0 Å². The second-order valence-corrected chi connectivity index (χ2v) is 8.36. The molecule has 11 heavy (non-hydrogen) atoms. The van der Waals surface area contributed by atoms with Crippen molar-refractivity contribution < 1.29 is 0 Å². The van der Waals surface area contributed by atoms with Gasteiger partial charge in [-0.25, -0.2) is 0 Å². The second-order valence-electron chi connectivity index (χ2n) is 3.65. The average Bonchev–Trinajstić information content (AvgIpc) is 2.00. The molecule has 0 aromatic heterocycles. The van der Waals surface area contributed by atoms with E-state index in [0.717, 1.165) is 0 Å². The third-order valence-corrected chi connectivity index (χ3v) is 4.45. The average molecular weight is 171 g/mol. The van der Waals surface area contributed by atoms with E-state index in [1.165, 1.54) is 19.3 Å². The molecule has 0 aromatic carbocycles. The molecule has 0 radical (unpaired) electrons. The summed E-state index contributed by atoms with van der Waals surface area (Å²) in [6.45, 7) is 15.4. The molecule has 0 bridgehead atoms. The Balaban J connectivity index is 3.88. The summed E-state index contributed by atoms with van der Waals surface area (Å²) in [5.41, 5.74) is 2.17. The summed E-state index contributed by atoms with van der Waals surface area (Å²) in [5, 5.41) is 0. The van der Waals surface area contributed by atoms with Crippen LogP contribution in [0.3, 0.4) is 0 Å². The lowest BCUT2D eigenvalue weighted by molar-refractivity contribution is 0.349. The molecule has 66 valence electrons. The molecule has 0 aromatic rings. The van der Waals surface area contributed by atoms with E-state index in [0.29, 0.717) is 0 Å². The van der Waals surface area contributed by atoms with Crippen LogP contribution >= 0.6 is 0 Å². The fourth-order valence-electron chi connectivity index (χ4n) is 1.09. The molecular weight excluding hydrogens is 150 g/mol. The number of hydrogen-bond acceptors (Lipinski definition) is 1. The Bertz CT molecular complexity index is 117. The zero-order valence-electron chi connectivity index (χ0n) is 8.35. The summed E-state index contributed by atoms with van der Waals surface area (Å²) in [6.07, 6.45) is 1.25. The first kappa shape index (κ1) is 10.9. The maximum absolute atomic E-state index is 3.89. The first-order valence-electron chi connectivity index (χ1n) is 4.41. The topological polar surface area (TPSA) is 3.24 Å². The van der Waals surface area contributed by atoms with Gasteiger partial charge in [0, 0.05) is 0 Å². The smallest absolute Gasteiger partial charge is 0.0854 e. The summed E-state index contributed by atoms with van der Waals surface area (Å²) in [4.78, 5) is 2.48. The Morgan fingerprint density at radius 2 is 1.73 bits per heavy atom. The Kier molecular flexibility index (Phi) is 4.69. The lowest BCUT2D eigenvalue weighted by atomic mass is 10.6. The van der Waals surface area contributed by atoms with Crippen molar-refractivity contribution >= 4 is 8.07 Å². The molecule has 0 aliphatic rings. The standard InChI is InChI=1S/C9H21NSi/c1-6-10(7-2)9-11(4,5)8-3/h8H,3,6-7,9H2,1-2,4-5H3. The second kappa shape index (κ2) is 4.73. The van der Waals surface area contributed by atoms with Crippen molar-refractivity contribution in [1.29, 1.82) is 0 Å². The lowest BCUT2D eigenvalue weighted by Gasteiger charge is -2.26. The van der Waals surface area contributed by atoms with Crippen molar-refractivity contribution in [2.24, 2.45) is 0 Å². The predicted molar refractivity (Wildman–Crippen MR) is 55.5 cm³/mol. The van der Waals surface area contributed by atoms with Gasteiger partial charge in [-0.15, -0.1) is 12.3 Å². The predicted octanol–water partition coefficient (Wildman–Crippen LogP) is 2.30. The van der Waals surface area contributed by atoms with Gasteiger partial charge in [-0.1, -0.05) is 26.9 Å². The molecule has 0 saturated carbocycles. The SMILES string of the molecule is C=C[Si](C)(C)CN(CC)CC. The van der Waals surface area contributed by atoms with Gasteiger partial charge in [-0.3, -0.25) is 0 Å². The van der Waals surface area contributed by atoms with Gasteiger partial charge in [0.05, 0.1) is 8.07 Å². The van der Waals surface area contributed by atoms with Crippen LogP contribution in [0.25, 0.3) is 0 Å². The zero-order chi connectivity index (χ0) is 8.91. The number of nitrogens with zero attached hydrogens (tertiary/aromatic N) is 1. The summed E-state index contributed by atoms with van der Waals surface area (Å²) < 4.78 is 0. The van der Waals surface area contributed by atoms with Gasteiger partial charge in [0.25, 0.3) is 0 Å². The first-order chi connectivity index (χ1) is 5.05. The van der Waals surface area contributed by atoms with Crippen molar-refractivity contribution in [3.8, 4) is 0 Å². The van der Waals surface area contributed by atoms with Crippen LogP contribution in [0.15, 0.2) is 12.3 Å². The summed E-state index contributed by atoms with van der Waals surface area (Å²) in [5.74, 6) is 0. The van der Waals surface area contributed by atoms with Crippen molar-refractivity contribution in [1.82, 2.24) is 4.90 Å². The van der Waals surface area contributed by atoms with E-state index in [9.17, 15) is 0 Å². The zero-order valence-corrected chi connectivity index (χ0v) is 9.35. The minimum absolute atomic E-state index is 1.09. The molecule has 0 amide bonds. The maximum Gasteiger partial charge on any atom is 0.0854 e. The van der Waals surface area contributed by atoms with E-state index in [2.05, 4.69) is 44.1 Å². The van der Waals surface area contributed by atoms with E-state index >= 15 is 0 Å². The monoisotopic (exact) mass is 171 g/mol. The highest BCUT2D eigenvalue weighted by molar-refractivity contribution is 6.82. The van der Waals surface area contributed by atoms with Crippen LogP contribution in [-0.4, -0.2) is 32.2 Å². The van der Waals surface area contributed by atoms with Gasteiger partial charge in [0.2, 0.25) is 0 Å². The van der Waals surface area contributed by atoms with Gasteiger partial charge in [-0.2, -0.15) is 0 Å². The first-order valence-corrected chi connectivity index (χ1v) is 7.70. The molecule has 0 heterocycles. The molecule has 0 atom stereocenters. The van der Waals surface area contributed by atoms with Crippen LogP contribution in [0, 0.1) is 0 Å². The maximum atomic E-state index is 3.89. The van der Waals surface area contributed by atoms with Gasteiger partial charge in [-0.05, 0) is 19.3 Å². The minimum atomic E-state index is -1.09. The fourth-order valence-corrected chi connectivity index (χ4v) is 2.82. The Morgan fingerprint density at radius 1 is 1.27 bits per heavy atom. The Hall–Kier alpha value is -0.0831. The van der Waals surface area contributed by atoms with Crippen LogP contribution in [0.2, 0.25) is 13.1 Å². The molecule has 0 rings (SSSR count). The van der Waals surface area contributed by atoms with Gasteiger partial charge >= 0.3 is 0 Å². The Morgan fingerprint density at radius 3 is 2.00 bits per heavy atom. The van der Waals surface area contributed by atoms with Crippen LogP contribution in [0.1, 0.15) is 13.8 Å². The van der Waals surface area contributed by atoms with E-state index in [1.54, 1.807) is 0 Å². The van der Waals surface area contributed by atoms with Gasteiger partial charge < -0.3 is 4.90 Å². The quantitative estimate of drug-likeness (QED) is 0.574. The highest BCUT2D eigenvalue weighted by Gasteiger charge is 2.18. The van der Waals surface area contributed by atoms with Crippen molar-refractivity contribution in [2.75, 3.05) is 19.3 Å². The molecule has 0 spiro atoms. The third kappa shape index (κ3) is 4.38. The van der Waals surface area contributed by atoms with Crippen LogP contribution in [0.5, 0.6) is 0 Å². The Labute approximate surface area is 72.1 Å². The molecule has 2 heteroatoms. The highest BCUT2D eigenvalue weighted by atomic mass is 28.3. The molecule has 0 N–H and O–H groups in total. The molecule has 0 aliphatic carbocycles. The highest BCUT2D eigenvalue weighted by Crippen LogP contribution is 2.05. The summed E-state index contributed by atoms with van der Waals surface area (Å²) in [7, 11) is -1.09. The molecule has 0 aliphatic heterocycles. The number of hydrogen-bond donors (Lipinski definition) is 0. The van der Waals surface area contributed by atoms with Crippen molar-refractivity contribution in [3.63, 3.8) is 0 Å². The molecule has 0 unspecified atom stereocenters. The third-order valence-electron chi connectivity index (χ3n) is 2.08. The van der Waals surface area contributed by atoms with Crippen LogP contribution in [0.4, 0.5) is 0 Å². The largest absolute Gasteiger partial charge is 0.306 e. The van der Waals surface area contributed by atoms with Crippen LogP contribution < -0.4 is 0 Å². The van der Waals surface area contributed by atoms with E-state index < -0.39 is 8.07 Å². The van der Waals surface area contributed by atoms with Crippen LogP contribution in [-0.2, 0) is 0 Å². The van der Waals surface area contributed by atoms with Crippen molar-refractivity contribution in [2.45, 2.75) is 26.9 Å². The normalized spacial score (nSPS) is 12.1. The molecule has 0 fully saturated rings. The van der Waals surface area contributed by atoms with Crippen molar-refractivity contribution in [3.05, 3.63) is 12.3 Å². The molecular formula is C9H21NSi. The molecule has 0 saturated heterocycles. The molecule has 1 nitrogen and oxygen atoms in total.